The molecule has 1 N–H and O–H groups in total. The summed E-state index contributed by atoms with van der Waals surface area (Å²) in [6, 6.07) is 0.726. The minimum atomic E-state index is 0.726. The Labute approximate surface area is 90.7 Å². The van der Waals surface area contributed by atoms with Gasteiger partial charge in [-0.1, -0.05) is 53.9 Å². The summed E-state index contributed by atoms with van der Waals surface area (Å²) in [7, 11) is 0. The van der Waals surface area contributed by atoms with Crippen LogP contribution in [-0.2, 0) is 0 Å². The van der Waals surface area contributed by atoms with Crippen LogP contribution in [0.2, 0.25) is 0 Å². The van der Waals surface area contributed by atoms with E-state index < -0.39 is 0 Å². The number of nitrogens with one attached hydrogen (secondary N) is 1. The molecule has 1 heteroatoms. The maximum absolute atomic E-state index is 3.57. The van der Waals surface area contributed by atoms with Gasteiger partial charge in [-0.2, -0.15) is 0 Å². The van der Waals surface area contributed by atoms with Crippen LogP contribution in [0.25, 0.3) is 0 Å². The van der Waals surface area contributed by atoms with Gasteiger partial charge in [0.05, 0.1) is 0 Å². The van der Waals surface area contributed by atoms with Crippen LogP contribution in [0.5, 0.6) is 0 Å². The zero-order chi connectivity index (χ0) is 11.0. The molecule has 0 aliphatic rings. The quantitative estimate of drug-likeness (QED) is 0.626. The van der Waals surface area contributed by atoms with E-state index in [0.29, 0.717) is 0 Å². The van der Waals surface area contributed by atoms with E-state index in [1.165, 1.54) is 25.7 Å². The second-order valence-corrected chi connectivity index (χ2v) is 4.85. The molecule has 0 aliphatic heterocycles. The Morgan fingerprint density at radius 1 is 1.00 bits per heavy atom. The first-order valence-corrected chi connectivity index (χ1v) is 6.35. The molecule has 0 radical (unpaired) electrons. The Kier molecular flexibility index (Phi) is 8.26. The lowest BCUT2D eigenvalue weighted by Crippen LogP contribution is -2.33. The molecule has 0 amide bonds. The highest BCUT2D eigenvalue weighted by Gasteiger charge is 2.11. The zero-order valence-corrected chi connectivity index (χ0v) is 10.8. The molecular formula is C13H29N. The fourth-order valence-corrected chi connectivity index (χ4v) is 1.82. The van der Waals surface area contributed by atoms with Crippen LogP contribution in [0.15, 0.2) is 0 Å². The molecule has 0 spiro atoms. The Hall–Kier alpha value is -0.0400. The van der Waals surface area contributed by atoms with Gasteiger partial charge >= 0.3 is 0 Å². The van der Waals surface area contributed by atoms with Gasteiger partial charge in [0.25, 0.3) is 0 Å². The van der Waals surface area contributed by atoms with Crippen molar-refractivity contribution in [2.75, 3.05) is 6.54 Å². The van der Waals surface area contributed by atoms with Crippen LogP contribution in [0.3, 0.4) is 0 Å². The predicted octanol–water partition coefficient (Wildman–Crippen LogP) is 3.84. The van der Waals surface area contributed by atoms with Gasteiger partial charge in [-0.25, -0.2) is 0 Å². The zero-order valence-electron chi connectivity index (χ0n) is 10.8. The first kappa shape index (κ1) is 14.0. The molecule has 0 aliphatic carbocycles. The van der Waals surface area contributed by atoms with E-state index in [2.05, 4.69) is 39.9 Å². The molecule has 0 aromatic heterocycles. The molecule has 0 aromatic rings. The minimum absolute atomic E-state index is 0.726. The Morgan fingerprint density at radius 2 is 1.64 bits per heavy atom. The highest BCUT2D eigenvalue weighted by molar-refractivity contribution is 4.70. The molecule has 0 fully saturated rings. The smallest absolute Gasteiger partial charge is 0.00899 e. The van der Waals surface area contributed by atoms with Crippen molar-refractivity contribution in [2.45, 2.75) is 66.3 Å². The molecular weight excluding hydrogens is 170 g/mol. The van der Waals surface area contributed by atoms with Crippen LogP contribution in [0, 0.1) is 11.8 Å². The van der Waals surface area contributed by atoms with E-state index in [1.54, 1.807) is 0 Å². The van der Waals surface area contributed by atoms with Gasteiger partial charge in [-0.15, -0.1) is 0 Å². The molecule has 0 bridgehead atoms. The van der Waals surface area contributed by atoms with Crippen molar-refractivity contribution in [2.24, 2.45) is 11.8 Å². The molecule has 0 rings (SSSR count). The first-order valence-electron chi connectivity index (χ1n) is 6.35. The molecule has 2 atom stereocenters. The van der Waals surface area contributed by atoms with E-state index >= 15 is 0 Å². The normalized spacial score (nSPS) is 15.9. The molecule has 0 saturated heterocycles. The lowest BCUT2D eigenvalue weighted by molar-refractivity contribution is 0.358. The fourth-order valence-electron chi connectivity index (χ4n) is 1.82. The maximum Gasteiger partial charge on any atom is 0.00899 e. The summed E-state index contributed by atoms with van der Waals surface area (Å²) in [5.74, 6) is 1.68. The molecule has 1 nitrogen and oxygen atoms in total. The fraction of sp³-hybridized carbons (Fsp3) is 1.00. The highest BCUT2D eigenvalue weighted by atomic mass is 14.9. The summed E-state index contributed by atoms with van der Waals surface area (Å²) in [5, 5.41) is 3.57. The summed E-state index contributed by atoms with van der Waals surface area (Å²) >= 11 is 0. The minimum Gasteiger partial charge on any atom is -0.314 e. The van der Waals surface area contributed by atoms with Crippen LogP contribution in [0.4, 0.5) is 0 Å². The SMILES string of the molecule is CCNC(CCCC(C)CC)C(C)C. The Morgan fingerprint density at radius 3 is 2.07 bits per heavy atom. The van der Waals surface area contributed by atoms with Gasteiger partial charge < -0.3 is 5.32 Å². The van der Waals surface area contributed by atoms with Crippen molar-refractivity contribution in [1.29, 1.82) is 0 Å². The molecule has 14 heavy (non-hydrogen) atoms. The standard InChI is InChI=1S/C13H29N/c1-6-12(5)9-8-10-13(11(3)4)14-7-2/h11-14H,6-10H2,1-5H3. The summed E-state index contributed by atoms with van der Waals surface area (Å²) in [6.45, 7) is 12.6. The van der Waals surface area contributed by atoms with Gasteiger partial charge in [0, 0.05) is 6.04 Å². The summed E-state index contributed by atoms with van der Waals surface area (Å²) in [4.78, 5) is 0. The van der Waals surface area contributed by atoms with E-state index in [1.807, 2.05) is 0 Å². The van der Waals surface area contributed by atoms with Crippen molar-refractivity contribution >= 4 is 0 Å². The third-order valence-electron chi connectivity index (χ3n) is 3.18. The van der Waals surface area contributed by atoms with Gasteiger partial charge in [0.1, 0.15) is 0 Å². The van der Waals surface area contributed by atoms with Crippen molar-refractivity contribution in [1.82, 2.24) is 5.32 Å². The van der Waals surface area contributed by atoms with E-state index in [4.69, 9.17) is 0 Å². The summed E-state index contributed by atoms with van der Waals surface area (Å²) in [5.41, 5.74) is 0. The number of hydrogen-bond donors (Lipinski definition) is 1. The second-order valence-electron chi connectivity index (χ2n) is 4.85. The second kappa shape index (κ2) is 8.28. The third-order valence-corrected chi connectivity index (χ3v) is 3.18. The van der Waals surface area contributed by atoms with Crippen LogP contribution in [-0.4, -0.2) is 12.6 Å². The summed E-state index contributed by atoms with van der Waals surface area (Å²) in [6.07, 6.45) is 5.44. The lowest BCUT2D eigenvalue weighted by Gasteiger charge is -2.22. The van der Waals surface area contributed by atoms with E-state index in [9.17, 15) is 0 Å². The monoisotopic (exact) mass is 199 g/mol. The van der Waals surface area contributed by atoms with Gasteiger partial charge in [-0.05, 0) is 24.8 Å². The van der Waals surface area contributed by atoms with Gasteiger partial charge in [0.2, 0.25) is 0 Å². The molecule has 2 unspecified atom stereocenters. The van der Waals surface area contributed by atoms with E-state index in [-0.39, 0.29) is 0 Å². The number of hydrogen-bond acceptors (Lipinski definition) is 1. The highest BCUT2D eigenvalue weighted by Crippen LogP contribution is 2.15. The summed E-state index contributed by atoms with van der Waals surface area (Å²) < 4.78 is 0. The van der Waals surface area contributed by atoms with Gasteiger partial charge in [-0.3, -0.25) is 0 Å². The Balaban J connectivity index is 3.60. The lowest BCUT2D eigenvalue weighted by atomic mass is 9.94. The average Bonchev–Trinajstić information content (AvgIpc) is 2.16. The number of rotatable bonds is 8. The van der Waals surface area contributed by atoms with Crippen LogP contribution in [0.1, 0.15) is 60.3 Å². The van der Waals surface area contributed by atoms with Crippen molar-refractivity contribution in [3.05, 3.63) is 0 Å². The van der Waals surface area contributed by atoms with Crippen LogP contribution >= 0.6 is 0 Å². The average molecular weight is 199 g/mol. The molecule has 0 heterocycles. The first-order chi connectivity index (χ1) is 6.61. The topological polar surface area (TPSA) is 12.0 Å². The molecule has 0 saturated carbocycles. The largest absolute Gasteiger partial charge is 0.314 e. The predicted molar refractivity (Wildman–Crippen MR) is 65.6 cm³/mol. The Bertz CT molecular complexity index is 120. The van der Waals surface area contributed by atoms with Crippen molar-refractivity contribution < 1.29 is 0 Å². The third kappa shape index (κ3) is 6.42. The van der Waals surface area contributed by atoms with Gasteiger partial charge in [0.15, 0.2) is 0 Å². The van der Waals surface area contributed by atoms with Crippen LogP contribution < -0.4 is 5.32 Å². The van der Waals surface area contributed by atoms with Crippen molar-refractivity contribution in [3.63, 3.8) is 0 Å². The maximum atomic E-state index is 3.57. The molecule has 86 valence electrons. The van der Waals surface area contributed by atoms with Crippen molar-refractivity contribution in [3.8, 4) is 0 Å². The molecule has 0 aromatic carbocycles. The van der Waals surface area contributed by atoms with E-state index in [0.717, 1.165) is 24.4 Å².